The fourth-order valence-electron chi connectivity index (χ4n) is 2.62. The van der Waals surface area contributed by atoms with Gasteiger partial charge in [-0.3, -0.25) is 4.79 Å². The van der Waals surface area contributed by atoms with Gasteiger partial charge in [0.1, 0.15) is 0 Å². The van der Waals surface area contributed by atoms with Gasteiger partial charge in [-0.2, -0.15) is 0 Å². The van der Waals surface area contributed by atoms with Crippen LogP contribution < -0.4 is 0 Å². The molecule has 0 aromatic rings. The van der Waals surface area contributed by atoms with Crippen LogP contribution in [0.3, 0.4) is 0 Å². The number of hydrogen-bond acceptors (Lipinski definition) is 1. The first-order chi connectivity index (χ1) is 7.11. The first kappa shape index (κ1) is 13.0. The monoisotopic (exact) mass is 275 g/mol. The number of hydrogen-bond donors (Lipinski definition) is 0. The summed E-state index contributed by atoms with van der Waals surface area (Å²) in [5.41, 5.74) is 0.101. The molecule has 1 aliphatic rings. The summed E-state index contributed by atoms with van der Waals surface area (Å²) in [6, 6.07) is 0. The first-order valence-corrected chi connectivity index (χ1v) is 6.98. The van der Waals surface area contributed by atoms with E-state index >= 15 is 0 Å². The average molecular weight is 276 g/mol. The minimum atomic E-state index is 0.0512. The van der Waals surface area contributed by atoms with Gasteiger partial charge < -0.3 is 4.90 Å². The molecule has 1 atom stereocenters. The van der Waals surface area contributed by atoms with Crippen molar-refractivity contribution in [3.05, 3.63) is 0 Å². The van der Waals surface area contributed by atoms with Crippen molar-refractivity contribution in [1.29, 1.82) is 0 Å². The number of piperidine rings is 1. The lowest BCUT2D eigenvalue weighted by atomic mass is 9.86. The summed E-state index contributed by atoms with van der Waals surface area (Å²) < 4.78 is 0. The fraction of sp³-hybridized carbons (Fsp3) is 0.917. The third-order valence-electron chi connectivity index (χ3n) is 3.92. The second-order valence-electron chi connectivity index (χ2n) is 4.38. The number of alkyl halides is 1. The van der Waals surface area contributed by atoms with E-state index in [4.69, 9.17) is 0 Å². The molecule has 0 radical (unpaired) electrons. The van der Waals surface area contributed by atoms with Crippen LogP contribution in [0.25, 0.3) is 0 Å². The van der Waals surface area contributed by atoms with Crippen LogP contribution in [0.5, 0.6) is 0 Å². The Morgan fingerprint density at radius 3 is 2.33 bits per heavy atom. The van der Waals surface area contributed by atoms with Crippen LogP contribution in [0, 0.1) is 0 Å². The zero-order valence-electron chi connectivity index (χ0n) is 10.1. The molecular weight excluding hydrogens is 254 g/mol. The molecule has 1 heterocycles. The molecule has 1 fully saturated rings. The maximum Gasteiger partial charge on any atom is 0.236 e. The zero-order valence-corrected chi connectivity index (χ0v) is 11.6. The lowest BCUT2D eigenvalue weighted by molar-refractivity contribution is -0.140. The van der Waals surface area contributed by atoms with E-state index in [1.807, 2.05) is 0 Å². The second-order valence-corrected chi connectivity index (χ2v) is 5.49. The molecule has 1 unspecified atom stereocenters. The average Bonchev–Trinajstić information content (AvgIpc) is 2.27. The summed E-state index contributed by atoms with van der Waals surface area (Å²) in [7, 11) is 0. The Hall–Kier alpha value is -0.0500. The molecule has 88 valence electrons. The Kier molecular flexibility index (Phi) is 4.63. The maximum atomic E-state index is 12.1. The van der Waals surface area contributed by atoms with Gasteiger partial charge in [-0.15, -0.1) is 0 Å². The topological polar surface area (TPSA) is 20.3 Å². The minimum absolute atomic E-state index is 0.0512. The second kappa shape index (κ2) is 5.33. The predicted molar refractivity (Wildman–Crippen MR) is 67.3 cm³/mol. The summed E-state index contributed by atoms with van der Waals surface area (Å²) >= 11 is 3.48. The van der Waals surface area contributed by atoms with Gasteiger partial charge in [-0.05, 0) is 32.1 Å². The Balaban J connectivity index is 2.87. The largest absolute Gasteiger partial charge is 0.336 e. The number of carbonyl (C=O) groups is 1. The van der Waals surface area contributed by atoms with E-state index in [0.717, 1.165) is 38.6 Å². The number of nitrogens with zero attached hydrogens (tertiary/aromatic N) is 1. The normalized spacial score (nSPS) is 23.3. The van der Waals surface area contributed by atoms with Crippen molar-refractivity contribution in [1.82, 2.24) is 4.90 Å². The molecule has 0 N–H and O–H groups in total. The minimum Gasteiger partial charge on any atom is -0.336 e. The molecule has 1 aliphatic heterocycles. The van der Waals surface area contributed by atoms with Crippen LogP contribution in [-0.2, 0) is 4.79 Å². The van der Waals surface area contributed by atoms with Crippen molar-refractivity contribution >= 4 is 21.8 Å². The zero-order chi connectivity index (χ0) is 11.5. The Labute approximate surface area is 102 Å². The molecule has 0 aromatic heterocycles. The molecule has 0 aromatic carbocycles. The van der Waals surface area contributed by atoms with Gasteiger partial charge >= 0.3 is 0 Å². The van der Waals surface area contributed by atoms with Crippen molar-refractivity contribution in [2.45, 2.75) is 63.2 Å². The first-order valence-electron chi connectivity index (χ1n) is 6.06. The molecule has 1 amide bonds. The highest BCUT2D eigenvalue weighted by molar-refractivity contribution is 9.10. The standard InChI is InChI=1S/C12H22BrNO/c1-4-12(5-2,6-3)14-9-7-8-10(13)11(14)15/h10H,4-9H2,1-3H3. The molecule has 1 saturated heterocycles. The Bertz CT molecular complexity index is 217. The summed E-state index contributed by atoms with van der Waals surface area (Å²) in [5.74, 6) is 0.298. The maximum absolute atomic E-state index is 12.1. The van der Waals surface area contributed by atoms with Gasteiger partial charge in [0.25, 0.3) is 0 Å². The smallest absolute Gasteiger partial charge is 0.236 e. The molecular formula is C12H22BrNO. The molecule has 2 nitrogen and oxygen atoms in total. The van der Waals surface area contributed by atoms with E-state index in [9.17, 15) is 4.79 Å². The molecule has 15 heavy (non-hydrogen) atoms. The van der Waals surface area contributed by atoms with Crippen LogP contribution in [0.15, 0.2) is 0 Å². The molecule has 0 aliphatic carbocycles. The van der Waals surface area contributed by atoms with E-state index in [1.54, 1.807) is 0 Å². The van der Waals surface area contributed by atoms with Crippen molar-refractivity contribution in [2.75, 3.05) is 6.54 Å². The number of rotatable bonds is 4. The predicted octanol–water partition coefficient (Wildman–Crippen LogP) is 3.34. The number of likely N-dealkylation sites (tertiary alicyclic amines) is 1. The van der Waals surface area contributed by atoms with Crippen molar-refractivity contribution in [3.63, 3.8) is 0 Å². The lowest BCUT2D eigenvalue weighted by Crippen LogP contribution is -2.55. The van der Waals surface area contributed by atoms with Crippen molar-refractivity contribution in [2.24, 2.45) is 0 Å². The summed E-state index contributed by atoms with van der Waals surface area (Å²) in [6.45, 7) is 7.52. The van der Waals surface area contributed by atoms with Crippen LogP contribution in [-0.4, -0.2) is 27.7 Å². The lowest BCUT2D eigenvalue weighted by Gasteiger charge is -2.46. The van der Waals surface area contributed by atoms with Crippen LogP contribution in [0.4, 0.5) is 0 Å². The highest BCUT2D eigenvalue weighted by atomic mass is 79.9. The van der Waals surface area contributed by atoms with Crippen molar-refractivity contribution in [3.8, 4) is 0 Å². The third-order valence-corrected chi connectivity index (χ3v) is 4.77. The molecule has 0 spiro atoms. The number of halogens is 1. The van der Waals surface area contributed by atoms with Gasteiger partial charge in [0, 0.05) is 12.1 Å². The molecule has 1 rings (SSSR count). The van der Waals surface area contributed by atoms with Gasteiger partial charge in [0.2, 0.25) is 5.91 Å². The van der Waals surface area contributed by atoms with E-state index in [0.29, 0.717) is 5.91 Å². The van der Waals surface area contributed by atoms with Gasteiger partial charge in [-0.25, -0.2) is 0 Å². The van der Waals surface area contributed by atoms with E-state index < -0.39 is 0 Å². The third kappa shape index (κ3) is 2.38. The van der Waals surface area contributed by atoms with E-state index in [1.165, 1.54) is 0 Å². The van der Waals surface area contributed by atoms with Crippen LogP contribution in [0.2, 0.25) is 0 Å². The fourth-order valence-corrected chi connectivity index (χ4v) is 3.20. The van der Waals surface area contributed by atoms with E-state index in [2.05, 4.69) is 41.6 Å². The highest BCUT2D eigenvalue weighted by Crippen LogP contribution is 2.32. The summed E-state index contributed by atoms with van der Waals surface area (Å²) in [5, 5.41) is 0. The SMILES string of the molecule is CCC(CC)(CC)N1CCCC(Br)C1=O. The molecule has 3 heteroatoms. The summed E-state index contributed by atoms with van der Waals surface area (Å²) in [4.78, 5) is 14.3. The number of amides is 1. The molecule has 0 saturated carbocycles. The highest BCUT2D eigenvalue weighted by Gasteiger charge is 2.39. The van der Waals surface area contributed by atoms with Gasteiger partial charge in [0.05, 0.1) is 4.83 Å². The number of carbonyl (C=O) groups excluding carboxylic acids is 1. The van der Waals surface area contributed by atoms with E-state index in [-0.39, 0.29) is 10.4 Å². The summed E-state index contributed by atoms with van der Waals surface area (Å²) in [6.07, 6.45) is 5.30. The van der Waals surface area contributed by atoms with Crippen molar-refractivity contribution < 1.29 is 4.79 Å². The van der Waals surface area contributed by atoms with Crippen LogP contribution >= 0.6 is 15.9 Å². The van der Waals surface area contributed by atoms with Gasteiger partial charge in [0.15, 0.2) is 0 Å². The Morgan fingerprint density at radius 1 is 1.33 bits per heavy atom. The molecule has 0 bridgehead atoms. The van der Waals surface area contributed by atoms with Crippen LogP contribution in [0.1, 0.15) is 52.9 Å². The quantitative estimate of drug-likeness (QED) is 0.721. The van der Waals surface area contributed by atoms with Gasteiger partial charge in [-0.1, -0.05) is 36.7 Å². The Morgan fingerprint density at radius 2 is 1.87 bits per heavy atom.